The largest absolute Gasteiger partial charge is 0.363 e. The van der Waals surface area contributed by atoms with Crippen LogP contribution in [0.5, 0.6) is 0 Å². The average Bonchev–Trinajstić information content (AvgIpc) is 2.85. The number of thiocarbonyl (C=S) groups is 2. The Labute approximate surface area is 181 Å². The summed E-state index contributed by atoms with van der Waals surface area (Å²) in [6.07, 6.45) is 8.27. The summed E-state index contributed by atoms with van der Waals surface area (Å²) in [5.74, 6) is -0.0419. The molecule has 1 amide bonds. The Morgan fingerprint density at radius 2 is 1.86 bits per heavy atom. The number of rotatable bonds is 9. The first-order valence-electron chi connectivity index (χ1n) is 10.7. The second-order valence-electron chi connectivity index (χ2n) is 8.32. The Morgan fingerprint density at radius 3 is 2.46 bits per heavy atom. The topological polar surface area (TPSA) is 59.6 Å². The van der Waals surface area contributed by atoms with Crippen LogP contribution < -0.4 is 16.0 Å². The van der Waals surface area contributed by atoms with Crippen LogP contribution >= 0.6 is 24.4 Å². The van der Waals surface area contributed by atoms with Gasteiger partial charge in [-0.3, -0.25) is 4.79 Å². The van der Waals surface area contributed by atoms with Gasteiger partial charge in [0.05, 0.1) is 0 Å². The van der Waals surface area contributed by atoms with Crippen LogP contribution in [0.1, 0.15) is 72.6 Å². The fraction of sp³-hybridized carbons (Fsp3) is 0.850. The number of carbonyl (C=O) groups is 1. The molecule has 0 saturated carbocycles. The summed E-state index contributed by atoms with van der Waals surface area (Å²) in [7, 11) is 0. The molecule has 160 valence electrons. The molecule has 8 heteroatoms. The number of unbranched alkanes of at least 4 members (excludes halogenated alkanes) is 5. The van der Waals surface area contributed by atoms with E-state index < -0.39 is 11.2 Å². The van der Waals surface area contributed by atoms with Gasteiger partial charge < -0.3 is 25.8 Å². The number of nitrogens with one attached hydrogen (secondary N) is 3. The van der Waals surface area contributed by atoms with Gasteiger partial charge in [0.2, 0.25) is 0 Å². The fourth-order valence-corrected chi connectivity index (χ4v) is 5.31. The lowest BCUT2D eigenvalue weighted by molar-refractivity contribution is -0.130. The molecule has 28 heavy (non-hydrogen) atoms. The molecule has 1 atom stereocenters. The van der Waals surface area contributed by atoms with Crippen molar-refractivity contribution in [3.63, 3.8) is 0 Å². The number of hydrogen-bond acceptors (Lipinski definition) is 4. The van der Waals surface area contributed by atoms with Crippen LogP contribution in [0.25, 0.3) is 0 Å². The molecule has 0 aromatic carbocycles. The summed E-state index contributed by atoms with van der Waals surface area (Å²) in [5, 5.41) is 11.0. The second kappa shape index (κ2) is 10.2. The number of hydrogen-bond donors (Lipinski definition) is 3. The molecule has 2 saturated heterocycles. The van der Waals surface area contributed by atoms with Crippen molar-refractivity contribution in [1.82, 2.24) is 25.8 Å². The standard InChI is InChI=1S/C20H37N5OS2/c1-5-7-8-9-10-11-12-20(25-18(28)23-16(26)19(25,3)4)15-21-13-14-24(20)17(27)22-6-2/h21H,5-15H2,1-4H3,(H,22,27)(H,23,26,28). The fourth-order valence-electron chi connectivity index (χ4n) is 4.41. The normalized spacial score (nSPS) is 24.4. The van der Waals surface area contributed by atoms with Gasteiger partial charge >= 0.3 is 0 Å². The van der Waals surface area contributed by atoms with Crippen molar-refractivity contribution in [1.29, 1.82) is 0 Å². The van der Waals surface area contributed by atoms with Crippen molar-refractivity contribution < 1.29 is 4.79 Å². The zero-order valence-corrected chi connectivity index (χ0v) is 19.5. The molecule has 2 aliphatic rings. The molecule has 0 aromatic heterocycles. The van der Waals surface area contributed by atoms with Gasteiger partial charge in [-0.05, 0) is 58.0 Å². The van der Waals surface area contributed by atoms with E-state index in [1.807, 2.05) is 13.8 Å². The molecule has 0 aliphatic carbocycles. The Hall–Kier alpha value is -0.990. The smallest absolute Gasteiger partial charge is 0.251 e. The van der Waals surface area contributed by atoms with Crippen molar-refractivity contribution >= 4 is 40.6 Å². The van der Waals surface area contributed by atoms with Crippen molar-refractivity contribution in [3.8, 4) is 0 Å². The molecule has 2 heterocycles. The number of amides is 1. The highest BCUT2D eigenvalue weighted by molar-refractivity contribution is 7.80. The molecule has 0 radical (unpaired) electrons. The van der Waals surface area contributed by atoms with Gasteiger partial charge in [0.25, 0.3) is 5.91 Å². The molecule has 6 nitrogen and oxygen atoms in total. The van der Waals surface area contributed by atoms with Gasteiger partial charge in [-0.25, -0.2) is 0 Å². The molecule has 0 bridgehead atoms. The molecule has 2 aliphatic heterocycles. The van der Waals surface area contributed by atoms with E-state index in [4.69, 9.17) is 24.4 Å². The maximum Gasteiger partial charge on any atom is 0.251 e. The molecule has 0 spiro atoms. The van der Waals surface area contributed by atoms with Gasteiger partial charge in [-0.1, -0.05) is 39.0 Å². The molecule has 2 fully saturated rings. The third-order valence-corrected chi connectivity index (χ3v) is 6.53. The van der Waals surface area contributed by atoms with Gasteiger partial charge in [0.15, 0.2) is 10.2 Å². The Balaban J connectivity index is 2.30. The predicted molar refractivity (Wildman–Crippen MR) is 123 cm³/mol. The van der Waals surface area contributed by atoms with Gasteiger partial charge in [-0.15, -0.1) is 0 Å². The maximum atomic E-state index is 12.6. The SMILES string of the molecule is CCCCCCCCC1(N2C(=S)NC(=O)C2(C)C)CNCCN1C(=S)NCC. The summed E-state index contributed by atoms with van der Waals surface area (Å²) in [6, 6.07) is 0. The first-order valence-corrected chi connectivity index (χ1v) is 11.5. The summed E-state index contributed by atoms with van der Waals surface area (Å²) in [6.45, 7) is 11.4. The summed E-state index contributed by atoms with van der Waals surface area (Å²) in [4.78, 5) is 17.0. The first kappa shape index (κ1) is 23.3. The Morgan fingerprint density at radius 1 is 1.18 bits per heavy atom. The lowest BCUT2D eigenvalue weighted by Crippen LogP contribution is -2.75. The minimum atomic E-state index is -0.710. The van der Waals surface area contributed by atoms with Crippen molar-refractivity contribution in [3.05, 3.63) is 0 Å². The highest BCUT2D eigenvalue weighted by atomic mass is 32.1. The molecular weight excluding hydrogens is 390 g/mol. The predicted octanol–water partition coefficient (Wildman–Crippen LogP) is 2.73. The van der Waals surface area contributed by atoms with Crippen LogP contribution in [-0.2, 0) is 4.79 Å². The van der Waals surface area contributed by atoms with E-state index in [0.29, 0.717) is 5.11 Å². The highest BCUT2D eigenvalue weighted by Gasteiger charge is 2.56. The molecule has 0 aromatic rings. The van der Waals surface area contributed by atoms with E-state index in [1.54, 1.807) is 0 Å². The first-order chi connectivity index (χ1) is 13.3. The average molecular weight is 428 g/mol. The summed E-state index contributed by atoms with van der Waals surface area (Å²) < 4.78 is 0. The van der Waals surface area contributed by atoms with E-state index in [0.717, 1.165) is 44.1 Å². The van der Waals surface area contributed by atoms with Crippen LogP contribution in [0.4, 0.5) is 0 Å². The van der Waals surface area contributed by atoms with Crippen LogP contribution in [-0.4, -0.2) is 63.3 Å². The van der Waals surface area contributed by atoms with E-state index >= 15 is 0 Å². The monoisotopic (exact) mass is 427 g/mol. The summed E-state index contributed by atoms with van der Waals surface area (Å²) in [5.41, 5.74) is -1.15. The number of carbonyl (C=O) groups excluding carboxylic acids is 1. The van der Waals surface area contributed by atoms with Crippen LogP contribution in [0.15, 0.2) is 0 Å². The lowest BCUT2D eigenvalue weighted by Gasteiger charge is -2.56. The number of nitrogens with zero attached hydrogens (tertiary/aromatic N) is 2. The highest BCUT2D eigenvalue weighted by Crippen LogP contribution is 2.37. The zero-order chi connectivity index (χ0) is 20.8. The summed E-state index contributed by atoms with van der Waals surface area (Å²) >= 11 is 11.4. The van der Waals surface area contributed by atoms with Crippen molar-refractivity contribution in [2.45, 2.75) is 83.8 Å². The van der Waals surface area contributed by atoms with E-state index in [2.05, 4.69) is 39.6 Å². The second-order valence-corrected chi connectivity index (χ2v) is 9.09. The third-order valence-electron chi connectivity index (χ3n) is 5.88. The Kier molecular flexibility index (Phi) is 8.45. The van der Waals surface area contributed by atoms with Crippen LogP contribution in [0, 0.1) is 0 Å². The minimum absolute atomic E-state index is 0.0419. The molecule has 1 unspecified atom stereocenters. The number of piperazine rings is 1. The van der Waals surface area contributed by atoms with E-state index in [1.165, 1.54) is 32.1 Å². The Bertz CT molecular complexity index is 583. The van der Waals surface area contributed by atoms with Gasteiger partial charge in [-0.2, -0.15) is 0 Å². The van der Waals surface area contributed by atoms with Crippen molar-refractivity contribution in [2.24, 2.45) is 0 Å². The van der Waals surface area contributed by atoms with Crippen LogP contribution in [0.2, 0.25) is 0 Å². The third kappa shape index (κ3) is 4.76. The molecular formula is C20H37N5OS2. The van der Waals surface area contributed by atoms with Gasteiger partial charge in [0, 0.05) is 26.2 Å². The lowest BCUT2D eigenvalue weighted by atomic mass is 9.90. The van der Waals surface area contributed by atoms with Crippen molar-refractivity contribution in [2.75, 3.05) is 26.2 Å². The van der Waals surface area contributed by atoms with E-state index in [-0.39, 0.29) is 5.91 Å². The van der Waals surface area contributed by atoms with E-state index in [9.17, 15) is 4.79 Å². The van der Waals surface area contributed by atoms with Crippen LogP contribution in [0.3, 0.4) is 0 Å². The zero-order valence-electron chi connectivity index (χ0n) is 17.9. The molecule has 3 N–H and O–H groups in total. The quantitative estimate of drug-likeness (QED) is 0.386. The minimum Gasteiger partial charge on any atom is -0.363 e. The maximum absolute atomic E-state index is 12.6. The van der Waals surface area contributed by atoms with Gasteiger partial charge in [0.1, 0.15) is 11.2 Å². The molecule has 2 rings (SSSR count).